The Morgan fingerprint density at radius 2 is 1.74 bits per heavy atom. The number of aliphatic hydroxyl groups is 1. The van der Waals surface area contributed by atoms with Gasteiger partial charge in [0.2, 0.25) is 0 Å². The molecule has 0 atom stereocenters. The first-order chi connectivity index (χ1) is 9.10. The monoisotopic (exact) mass is 272 g/mol. The largest absolute Gasteiger partial charge is 0.385 e. The Kier molecular flexibility index (Phi) is 3.12. The number of rotatable bonds is 2. The van der Waals surface area contributed by atoms with Gasteiger partial charge in [-0.2, -0.15) is 0 Å². The van der Waals surface area contributed by atoms with E-state index in [4.69, 9.17) is 11.6 Å². The highest BCUT2D eigenvalue weighted by Crippen LogP contribution is 2.51. The molecule has 1 aliphatic rings. The highest BCUT2D eigenvalue weighted by Gasteiger charge is 2.45. The van der Waals surface area contributed by atoms with Crippen LogP contribution in [0.2, 0.25) is 5.02 Å². The average Bonchev–Trinajstić information content (AvgIpc) is 2.39. The summed E-state index contributed by atoms with van der Waals surface area (Å²) in [6.07, 6.45) is 1.55. The van der Waals surface area contributed by atoms with Crippen LogP contribution in [0.1, 0.15) is 35.4 Å². The van der Waals surface area contributed by atoms with Crippen LogP contribution in [0.15, 0.2) is 48.5 Å². The van der Waals surface area contributed by atoms with Crippen molar-refractivity contribution in [2.45, 2.75) is 31.3 Å². The Balaban J connectivity index is 1.83. The molecule has 1 fully saturated rings. The molecule has 0 unspecified atom stereocenters. The van der Waals surface area contributed by atoms with Crippen molar-refractivity contribution >= 4 is 11.6 Å². The van der Waals surface area contributed by atoms with Gasteiger partial charge >= 0.3 is 0 Å². The predicted octanol–water partition coefficient (Wildman–Crippen LogP) is 4.41. The van der Waals surface area contributed by atoms with Crippen LogP contribution in [0.5, 0.6) is 0 Å². The minimum atomic E-state index is -0.713. The molecular formula is C17H17ClO. The van der Waals surface area contributed by atoms with Crippen molar-refractivity contribution in [3.05, 3.63) is 70.2 Å². The van der Waals surface area contributed by atoms with Crippen LogP contribution in [-0.4, -0.2) is 5.11 Å². The molecule has 19 heavy (non-hydrogen) atoms. The molecule has 2 aromatic rings. The van der Waals surface area contributed by atoms with E-state index in [-0.39, 0.29) is 0 Å². The quantitative estimate of drug-likeness (QED) is 0.858. The Bertz CT molecular complexity index is 585. The molecule has 1 saturated carbocycles. The molecule has 0 aliphatic heterocycles. The lowest BCUT2D eigenvalue weighted by molar-refractivity contribution is -0.0554. The molecule has 2 heteroatoms. The topological polar surface area (TPSA) is 20.2 Å². The molecule has 0 amide bonds. The first-order valence-electron chi connectivity index (χ1n) is 6.63. The van der Waals surface area contributed by atoms with E-state index < -0.39 is 5.60 Å². The smallest absolute Gasteiger partial charge is 0.0911 e. The molecule has 2 aromatic carbocycles. The van der Waals surface area contributed by atoms with Gasteiger partial charge in [-0.1, -0.05) is 54.1 Å². The molecule has 1 N–H and O–H groups in total. The van der Waals surface area contributed by atoms with E-state index in [9.17, 15) is 5.11 Å². The van der Waals surface area contributed by atoms with Gasteiger partial charge in [-0.25, -0.2) is 0 Å². The van der Waals surface area contributed by atoms with E-state index in [1.165, 1.54) is 5.56 Å². The van der Waals surface area contributed by atoms with Crippen molar-refractivity contribution in [1.82, 2.24) is 0 Å². The Morgan fingerprint density at radius 1 is 1.05 bits per heavy atom. The maximum absolute atomic E-state index is 10.8. The van der Waals surface area contributed by atoms with E-state index >= 15 is 0 Å². The van der Waals surface area contributed by atoms with Crippen LogP contribution < -0.4 is 0 Å². The van der Waals surface area contributed by atoms with E-state index in [1.807, 2.05) is 31.2 Å². The summed E-state index contributed by atoms with van der Waals surface area (Å²) in [5, 5.41) is 11.5. The third-order valence-electron chi connectivity index (χ3n) is 4.21. The van der Waals surface area contributed by atoms with E-state index in [0.29, 0.717) is 5.92 Å². The Labute approximate surface area is 118 Å². The van der Waals surface area contributed by atoms with Crippen LogP contribution >= 0.6 is 11.6 Å². The highest BCUT2D eigenvalue weighted by atomic mass is 35.5. The molecule has 0 radical (unpaired) electrons. The van der Waals surface area contributed by atoms with Gasteiger partial charge in [0, 0.05) is 5.02 Å². The standard InChI is InChI=1S/C17H17ClO/c1-12-15(8-5-9-16(12)18)17(19)10-14(11-17)13-6-3-2-4-7-13/h2-9,14,19H,10-11H2,1H3. The molecule has 98 valence electrons. The summed E-state index contributed by atoms with van der Waals surface area (Å²) in [5.74, 6) is 0.449. The first-order valence-corrected chi connectivity index (χ1v) is 7.01. The van der Waals surface area contributed by atoms with Gasteiger partial charge in [-0.3, -0.25) is 0 Å². The minimum Gasteiger partial charge on any atom is -0.385 e. The molecule has 3 rings (SSSR count). The van der Waals surface area contributed by atoms with Gasteiger partial charge in [0.1, 0.15) is 0 Å². The molecule has 0 heterocycles. The third-order valence-corrected chi connectivity index (χ3v) is 4.62. The number of benzene rings is 2. The fraction of sp³-hybridized carbons (Fsp3) is 0.294. The number of hydrogen-bond donors (Lipinski definition) is 1. The molecule has 1 aliphatic carbocycles. The Hall–Kier alpha value is -1.31. The molecule has 0 saturated heterocycles. The Morgan fingerprint density at radius 3 is 2.42 bits per heavy atom. The zero-order chi connectivity index (χ0) is 13.5. The SMILES string of the molecule is Cc1c(Cl)cccc1C1(O)CC(c2ccccc2)C1. The van der Waals surface area contributed by atoms with Crippen LogP contribution in [0.4, 0.5) is 0 Å². The third kappa shape index (κ3) is 2.18. The highest BCUT2D eigenvalue weighted by molar-refractivity contribution is 6.31. The normalized spacial score (nSPS) is 25.9. The van der Waals surface area contributed by atoms with E-state index in [1.54, 1.807) is 0 Å². The molecule has 0 bridgehead atoms. The van der Waals surface area contributed by atoms with Gasteiger partial charge in [0.25, 0.3) is 0 Å². The summed E-state index contributed by atoms with van der Waals surface area (Å²) in [5.41, 5.74) is 2.58. The summed E-state index contributed by atoms with van der Waals surface area (Å²) < 4.78 is 0. The summed E-state index contributed by atoms with van der Waals surface area (Å²) >= 11 is 6.14. The number of halogens is 1. The number of hydrogen-bond acceptors (Lipinski definition) is 1. The summed E-state index contributed by atoms with van der Waals surface area (Å²) in [6, 6.07) is 16.2. The molecule has 1 nitrogen and oxygen atoms in total. The van der Waals surface area contributed by atoms with Crippen LogP contribution in [0.25, 0.3) is 0 Å². The second kappa shape index (κ2) is 4.66. The maximum Gasteiger partial charge on any atom is 0.0911 e. The lowest BCUT2D eigenvalue weighted by Crippen LogP contribution is -2.40. The van der Waals surface area contributed by atoms with Crippen LogP contribution in [0, 0.1) is 6.92 Å². The average molecular weight is 273 g/mol. The lowest BCUT2D eigenvalue weighted by atomic mass is 9.64. The fourth-order valence-electron chi connectivity index (χ4n) is 3.05. The zero-order valence-corrected chi connectivity index (χ0v) is 11.7. The lowest BCUT2D eigenvalue weighted by Gasteiger charge is -2.45. The van der Waals surface area contributed by atoms with Crippen molar-refractivity contribution in [1.29, 1.82) is 0 Å². The van der Waals surface area contributed by atoms with Gasteiger partial charge in [-0.05, 0) is 48.4 Å². The van der Waals surface area contributed by atoms with Crippen molar-refractivity contribution in [3.63, 3.8) is 0 Å². The summed E-state index contributed by atoms with van der Waals surface area (Å²) in [6.45, 7) is 1.98. The second-order valence-electron chi connectivity index (χ2n) is 5.46. The predicted molar refractivity (Wildman–Crippen MR) is 78.5 cm³/mol. The van der Waals surface area contributed by atoms with Crippen molar-refractivity contribution in [2.75, 3.05) is 0 Å². The van der Waals surface area contributed by atoms with Crippen LogP contribution in [-0.2, 0) is 5.60 Å². The first kappa shape index (κ1) is 12.7. The fourth-order valence-corrected chi connectivity index (χ4v) is 3.22. The van der Waals surface area contributed by atoms with E-state index in [0.717, 1.165) is 29.0 Å². The van der Waals surface area contributed by atoms with Gasteiger partial charge in [-0.15, -0.1) is 0 Å². The molecular weight excluding hydrogens is 256 g/mol. The van der Waals surface area contributed by atoms with Crippen LogP contribution in [0.3, 0.4) is 0 Å². The van der Waals surface area contributed by atoms with Gasteiger partial charge in [0.05, 0.1) is 5.60 Å². The van der Waals surface area contributed by atoms with E-state index in [2.05, 4.69) is 24.3 Å². The second-order valence-corrected chi connectivity index (χ2v) is 5.87. The maximum atomic E-state index is 10.8. The van der Waals surface area contributed by atoms with Crippen molar-refractivity contribution in [3.8, 4) is 0 Å². The summed E-state index contributed by atoms with van der Waals surface area (Å²) in [7, 11) is 0. The van der Waals surface area contributed by atoms with Crippen molar-refractivity contribution in [2.24, 2.45) is 0 Å². The molecule has 0 spiro atoms. The van der Waals surface area contributed by atoms with Gasteiger partial charge < -0.3 is 5.11 Å². The zero-order valence-electron chi connectivity index (χ0n) is 10.9. The minimum absolute atomic E-state index is 0.449. The van der Waals surface area contributed by atoms with Gasteiger partial charge in [0.15, 0.2) is 0 Å². The van der Waals surface area contributed by atoms with Crippen molar-refractivity contribution < 1.29 is 5.11 Å². The summed E-state index contributed by atoms with van der Waals surface area (Å²) in [4.78, 5) is 0. The molecule has 0 aromatic heterocycles.